The second-order valence-corrected chi connectivity index (χ2v) is 8.66. The van der Waals surface area contributed by atoms with Crippen molar-refractivity contribution in [1.82, 2.24) is 20.2 Å². The van der Waals surface area contributed by atoms with Gasteiger partial charge >= 0.3 is 0 Å². The molecule has 0 fully saturated rings. The molecule has 9 heteroatoms. The molecule has 0 radical (unpaired) electrons. The van der Waals surface area contributed by atoms with Crippen molar-refractivity contribution in [3.63, 3.8) is 0 Å². The number of rotatable bonds is 4. The zero-order valence-corrected chi connectivity index (χ0v) is 16.7. The number of thiazole rings is 2. The van der Waals surface area contributed by atoms with E-state index in [1.165, 1.54) is 11.3 Å². The molecular weight excluding hydrogens is 400 g/mol. The number of aromatic nitrogens is 4. The lowest BCUT2D eigenvalue weighted by Gasteiger charge is -1.96. The Bertz CT molecular complexity index is 1180. The number of fused-ring (bicyclic) bond motifs is 2. The van der Waals surface area contributed by atoms with Crippen LogP contribution in [0, 0.1) is 0 Å². The highest BCUT2D eigenvalue weighted by atomic mass is 32.1. The molecule has 5 rings (SSSR count). The van der Waals surface area contributed by atoms with Crippen LogP contribution in [-0.2, 0) is 0 Å². The normalized spacial score (nSPS) is 11.3. The SMILES string of the molecule is COc1ccc2nc(-c3nnc(-c4nc5ccc(OC)cc5s4)s3)sc2c1. The highest BCUT2D eigenvalue weighted by Crippen LogP contribution is 2.38. The van der Waals surface area contributed by atoms with E-state index >= 15 is 0 Å². The molecular formula is C18H12N4O2S3. The largest absolute Gasteiger partial charge is 0.497 e. The first-order valence-electron chi connectivity index (χ1n) is 7.97. The van der Waals surface area contributed by atoms with Crippen molar-refractivity contribution >= 4 is 54.4 Å². The van der Waals surface area contributed by atoms with E-state index in [1.54, 1.807) is 36.9 Å². The molecule has 5 aromatic rings. The van der Waals surface area contributed by atoms with Crippen molar-refractivity contribution in [2.45, 2.75) is 0 Å². The van der Waals surface area contributed by atoms with Crippen LogP contribution in [0.15, 0.2) is 36.4 Å². The molecule has 0 aliphatic rings. The lowest BCUT2D eigenvalue weighted by Crippen LogP contribution is -1.80. The van der Waals surface area contributed by atoms with Gasteiger partial charge in [-0.1, -0.05) is 11.3 Å². The Kier molecular flexibility index (Phi) is 4.00. The molecule has 0 amide bonds. The van der Waals surface area contributed by atoms with E-state index in [9.17, 15) is 0 Å². The third-order valence-electron chi connectivity index (χ3n) is 3.98. The van der Waals surface area contributed by atoms with Crippen molar-refractivity contribution in [2.75, 3.05) is 14.2 Å². The van der Waals surface area contributed by atoms with Crippen LogP contribution >= 0.6 is 34.0 Å². The van der Waals surface area contributed by atoms with Crippen molar-refractivity contribution in [2.24, 2.45) is 0 Å². The van der Waals surface area contributed by atoms with Crippen molar-refractivity contribution in [3.8, 4) is 31.5 Å². The summed E-state index contributed by atoms with van der Waals surface area (Å²) in [6.07, 6.45) is 0. The van der Waals surface area contributed by atoms with Crippen molar-refractivity contribution in [3.05, 3.63) is 36.4 Å². The summed E-state index contributed by atoms with van der Waals surface area (Å²) >= 11 is 4.66. The molecule has 134 valence electrons. The third kappa shape index (κ3) is 2.93. The minimum atomic E-state index is 0.794. The Morgan fingerprint density at radius 1 is 0.630 bits per heavy atom. The van der Waals surface area contributed by atoms with Crippen LogP contribution in [0.2, 0.25) is 0 Å². The van der Waals surface area contributed by atoms with Gasteiger partial charge in [-0.2, -0.15) is 0 Å². The van der Waals surface area contributed by atoms with E-state index in [-0.39, 0.29) is 0 Å². The van der Waals surface area contributed by atoms with Crippen LogP contribution < -0.4 is 9.47 Å². The molecule has 3 aromatic heterocycles. The molecule has 0 spiro atoms. The first kappa shape index (κ1) is 16.5. The minimum Gasteiger partial charge on any atom is -0.497 e. The van der Waals surface area contributed by atoms with Crippen LogP contribution in [0.3, 0.4) is 0 Å². The second-order valence-electron chi connectivity index (χ2n) is 5.62. The van der Waals surface area contributed by atoms with Crippen LogP contribution in [0.1, 0.15) is 0 Å². The number of nitrogens with zero attached hydrogens (tertiary/aromatic N) is 4. The Morgan fingerprint density at radius 3 is 1.56 bits per heavy atom. The zero-order chi connectivity index (χ0) is 18.4. The summed E-state index contributed by atoms with van der Waals surface area (Å²) in [6.45, 7) is 0. The maximum atomic E-state index is 5.28. The number of benzene rings is 2. The molecule has 2 aromatic carbocycles. The molecule has 0 unspecified atom stereocenters. The summed E-state index contributed by atoms with van der Waals surface area (Å²) < 4.78 is 12.7. The van der Waals surface area contributed by atoms with Gasteiger partial charge in [0.15, 0.2) is 20.0 Å². The molecule has 0 aliphatic carbocycles. The number of methoxy groups -OCH3 is 2. The Balaban J connectivity index is 1.52. The van der Waals surface area contributed by atoms with Gasteiger partial charge in [-0.25, -0.2) is 9.97 Å². The smallest absolute Gasteiger partial charge is 0.177 e. The molecule has 0 saturated carbocycles. The van der Waals surface area contributed by atoms with Gasteiger partial charge in [0.2, 0.25) is 0 Å². The molecule has 6 nitrogen and oxygen atoms in total. The monoisotopic (exact) mass is 412 g/mol. The van der Waals surface area contributed by atoms with E-state index in [0.717, 1.165) is 52.0 Å². The number of ether oxygens (including phenoxy) is 2. The molecule has 0 N–H and O–H groups in total. The van der Waals surface area contributed by atoms with E-state index < -0.39 is 0 Å². The number of hydrogen-bond donors (Lipinski definition) is 0. The van der Waals surface area contributed by atoms with Gasteiger partial charge in [0, 0.05) is 0 Å². The Labute approximate surface area is 166 Å². The topological polar surface area (TPSA) is 70.0 Å². The molecule has 3 heterocycles. The van der Waals surface area contributed by atoms with E-state index in [2.05, 4.69) is 20.2 Å². The van der Waals surface area contributed by atoms with Gasteiger partial charge < -0.3 is 9.47 Å². The zero-order valence-electron chi connectivity index (χ0n) is 14.3. The first-order valence-corrected chi connectivity index (χ1v) is 10.4. The van der Waals surface area contributed by atoms with Gasteiger partial charge in [-0.15, -0.1) is 32.9 Å². The average molecular weight is 413 g/mol. The summed E-state index contributed by atoms with van der Waals surface area (Å²) in [5, 5.41) is 12.0. The molecule has 0 bridgehead atoms. The van der Waals surface area contributed by atoms with Gasteiger partial charge in [0.25, 0.3) is 0 Å². The fraction of sp³-hybridized carbons (Fsp3) is 0.111. The summed E-state index contributed by atoms with van der Waals surface area (Å²) in [6, 6.07) is 11.7. The molecule has 27 heavy (non-hydrogen) atoms. The van der Waals surface area contributed by atoms with Gasteiger partial charge in [-0.05, 0) is 36.4 Å². The average Bonchev–Trinajstić information content (AvgIpc) is 3.43. The summed E-state index contributed by atoms with van der Waals surface area (Å²) in [5.74, 6) is 1.64. The lowest BCUT2D eigenvalue weighted by molar-refractivity contribution is 0.415. The quantitative estimate of drug-likeness (QED) is 0.409. The third-order valence-corrected chi connectivity index (χ3v) is 7.23. The van der Waals surface area contributed by atoms with Gasteiger partial charge in [-0.3, -0.25) is 0 Å². The van der Waals surface area contributed by atoms with Gasteiger partial charge in [0.05, 0.1) is 34.7 Å². The predicted octanol–water partition coefficient (Wildman–Crippen LogP) is 5.11. The lowest BCUT2D eigenvalue weighted by atomic mass is 10.3. The fourth-order valence-corrected chi connectivity index (χ4v) is 5.50. The standard InChI is InChI=1S/C18H12N4O2S3/c1-23-9-3-5-11-13(7-9)25-15(19-11)17-21-22-18(27-17)16-20-12-6-4-10(24-2)8-14(12)26-16/h3-8H,1-2H3. The Morgan fingerprint density at radius 2 is 1.11 bits per heavy atom. The van der Waals surface area contributed by atoms with Crippen molar-refractivity contribution < 1.29 is 9.47 Å². The first-order chi connectivity index (χ1) is 13.2. The summed E-state index contributed by atoms with van der Waals surface area (Å²) in [7, 11) is 3.32. The fourth-order valence-electron chi connectivity index (χ4n) is 2.64. The minimum absolute atomic E-state index is 0.794. The summed E-state index contributed by atoms with van der Waals surface area (Å²) in [5.41, 5.74) is 1.86. The molecule has 0 saturated heterocycles. The van der Waals surface area contributed by atoms with Gasteiger partial charge in [0.1, 0.15) is 11.5 Å². The van der Waals surface area contributed by atoms with Crippen molar-refractivity contribution in [1.29, 1.82) is 0 Å². The van der Waals surface area contributed by atoms with Crippen LogP contribution in [0.4, 0.5) is 0 Å². The maximum Gasteiger partial charge on any atom is 0.177 e. The van der Waals surface area contributed by atoms with E-state index in [1.807, 2.05) is 36.4 Å². The van der Waals surface area contributed by atoms with Crippen LogP contribution in [0.5, 0.6) is 11.5 Å². The van der Waals surface area contributed by atoms with E-state index in [0.29, 0.717) is 0 Å². The summed E-state index contributed by atoms with van der Waals surface area (Å²) in [4.78, 5) is 9.34. The highest BCUT2D eigenvalue weighted by molar-refractivity contribution is 7.28. The maximum absolute atomic E-state index is 5.28. The Hall–Kier alpha value is -2.62. The van der Waals surface area contributed by atoms with Crippen LogP contribution in [0.25, 0.3) is 40.5 Å². The highest BCUT2D eigenvalue weighted by Gasteiger charge is 2.16. The van der Waals surface area contributed by atoms with Crippen LogP contribution in [-0.4, -0.2) is 34.4 Å². The predicted molar refractivity (Wildman–Crippen MR) is 110 cm³/mol. The number of hydrogen-bond acceptors (Lipinski definition) is 9. The molecule has 0 atom stereocenters. The molecule has 0 aliphatic heterocycles. The van der Waals surface area contributed by atoms with E-state index in [4.69, 9.17) is 9.47 Å². The second kappa shape index (κ2) is 6.52.